The summed E-state index contributed by atoms with van der Waals surface area (Å²) in [6, 6.07) is 8.93. The molecular formula is C18H27ClN5-. The van der Waals surface area contributed by atoms with Crippen molar-refractivity contribution in [3.8, 4) is 0 Å². The lowest BCUT2D eigenvalue weighted by molar-refractivity contribution is -0.00000560. The number of nitrogens with zero attached hydrogens (tertiary/aromatic N) is 5. The minimum Gasteiger partial charge on any atom is -1.00 e. The quantitative estimate of drug-likeness (QED) is 0.780. The molecule has 1 aliphatic rings. The van der Waals surface area contributed by atoms with Crippen LogP contribution in [0.2, 0.25) is 0 Å². The minimum absolute atomic E-state index is 0. The summed E-state index contributed by atoms with van der Waals surface area (Å²) in [5.74, 6) is 0.961. The fourth-order valence-electron chi connectivity index (χ4n) is 3.22. The molecule has 1 saturated heterocycles. The second kappa shape index (κ2) is 7.62. The summed E-state index contributed by atoms with van der Waals surface area (Å²) >= 11 is 0. The molecule has 1 aromatic heterocycles. The highest BCUT2D eigenvalue weighted by Crippen LogP contribution is 2.32. The van der Waals surface area contributed by atoms with Crippen LogP contribution in [0.4, 0.5) is 0 Å². The molecule has 2 aromatic rings. The van der Waals surface area contributed by atoms with Gasteiger partial charge in [0.25, 0.3) is 0 Å². The third-order valence-electron chi connectivity index (χ3n) is 5.08. The molecule has 5 nitrogen and oxygen atoms in total. The van der Waals surface area contributed by atoms with Crippen LogP contribution in [0, 0.1) is 6.92 Å². The van der Waals surface area contributed by atoms with Crippen LogP contribution in [0.3, 0.4) is 0 Å². The Morgan fingerprint density at radius 2 is 1.75 bits per heavy atom. The van der Waals surface area contributed by atoms with Gasteiger partial charge in [0.2, 0.25) is 0 Å². The van der Waals surface area contributed by atoms with Gasteiger partial charge in [0.05, 0.1) is 11.6 Å². The Bertz CT molecular complexity index is 644. The maximum atomic E-state index is 4.43. The van der Waals surface area contributed by atoms with Crippen molar-refractivity contribution in [2.75, 3.05) is 13.1 Å². The summed E-state index contributed by atoms with van der Waals surface area (Å²) in [7, 11) is 0. The molecule has 0 amide bonds. The van der Waals surface area contributed by atoms with Crippen LogP contribution in [0.15, 0.2) is 24.3 Å². The van der Waals surface area contributed by atoms with E-state index in [1.54, 1.807) is 0 Å². The number of benzene rings is 1. The van der Waals surface area contributed by atoms with Crippen molar-refractivity contribution in [1.82, 2.24) is 25.1 Å². The average Bonchev–Trinajstić information content (AvgIpc) is 3.22. The minimum atomic E-state index is -0.0818. The SMILES string of the molecule is CCC(C)(C)n1nnnc1C(c1ccc(C)cc1)N1CCCC1.[Cl-]. The second-order valence-electron chi connectivity index (χ2n) is 7.17. The van der Waals surface area contributed by atoms with E-state index in [9.17, 15) is 0 Å². The van der Waals surface area contributed by atoms with Crippen molar-refractivity contribution >= 4 is 0 Å². The highest BCUT2D eigenvalue weighted by Gasteiger charge is 2.33. The number of likely N-dealkylation sites (tertiary alicyclic amines) is 1. The average molecular weight is 349 g/mol. The molecule has 0 bridgehead atoms. The predicted octanol–water partition coefficient (Wildman–Crippen LogP) is 0.316. The number of aromatic nitrogens is 4. The van der Waals surface area contributed by atoms with Gasteiger partial charge in [-0.15, -0.1) is 5.10 Å². The molecule has 24 heavy (non-hydrogen) atoms. The fourth-order valence-corrected chi connectivity index (χ4v) is 3.22. The van der Waals surface area contributed by atoms with Crippen molar-refractivity contribution in [2.45, 2.75) is 58.5 Å². The Morgan fingerprint density at radius 1 is 1.12 bits per heavy atom. The number of tetrazole rings is 1. The van der Waals surface area contributed by atoms with E-state index >= 15 is 0 Å². The van der Waals surface area contributed by atoms with E-state index in [1.807, 2.05) is 4.68 Å². The first kappa shape index (κ1) is 18.9. The molecule has 0 saturated carbocycles. The zero-order valence-corrected chi connectivity index (χ0v) is 15.8. The lowest BCUT2D eigenvalue weighted by atomic mass is 9.99. The highest BCUT2D eigenvalue weighted by atomic mass is 35.5. The molecule has 6 heteroatoms. The predicted molar refractivity (Wildman–Crippen MR) is 91.3 cm³/mol. The highest BCUT2D eigenvalue weighted by molar-refractivity contribution is 5.28. The van der Waals surface area contributed by atoms with Crippen molar-refractivity contribution in [1.29, 1.82) is 0 Å². The van der Waals surface area contributed by atoms with Crippen LogP contribution < -0.4 is 12.4 Å². The third kappa shape index (κ3) is 3.62. The second-order valence-corrected chi connectivity index (χ2v) is 7.17. The summed E-state index contributed by atoms with van der Waals surface area (Å²) in [6.45, 7) is 10.9. The number of rotatable bonds is 5. The molecule has 132 valence electrons. The standard InChI is InChI=1S/C18H27N5.ClH/c1-5-18(3,4)23-17(19-20-21-23)16(22-12-6-7-13-22)15-10-8-14(2)9-11-15;/h8-11,16H,5-7,12-13H2,1-4H3;1H/p-1. The van der Waals surface area contributed by atoms with Crippen LogP contribution in [0.25, 0.3) is 0 Å². The summed E-state index contributed by atoms with van der Waals surface area (Å²) in [4.78, 5) is 2.51. The van der Waals surface area contributed by atoms with Gasteiger partial charge in [-0.05, 0) is 69.1 Å². The Hall–Kier alpha value is -1.46. The van der Waals surface area contributed by atoms with Crippen molar-refractivity contribution in [2.24, 2.45) is 0 Å². The summed E-state index contributed by atoms with van der Waals surface area (Å²) in [5, 5.41) is 12.8. The third-order valence-corrected chi connectivity index (χ3v) is 5.08. The van der Waals surface area contributed by atoms with Gasteiger partial charge in [0.1, 0.15) is 0 Å². The van der Waals surface area contributed by atoms with E-state index in [-0.39, 0.29) is 24.0 Å². The van der Waals surface area contributed by atoms with Gasteiger partial charge in [0, 0.05) is 0 Å². The van der Waals surface area contributed by atoms with E-state index in [0.717, 1.165) is 25.3 Å². The first-order valence-electron chi connectivity index (χ1n) is 8.62. The normalized spacial score (nSPS) is 16.8. The smallest absolute Gasteiger partial charge is 0.173 e. The van der Waals surface area contributed by atoms with Crippen molar-refractivity contribution in [3.05, 3.63) is 41.2 Å². The first-order chi connectivity index (χ1) is 11.0. The Kier molecular flexibility index (Phi) is 5.99. The van der Waals surface area contributed by atoms with Crippen LogP contribution in [-0.2, 0) is 5.54 Å². The van der Waals surface area contributed by atoms with E-state index in [2.05, 4.69) is 72.4 Å². The molecule has 0 radical (unpaired) electrons. The van der Waals surface area contributed by atoms with E-state index < -0.39 is 0 Å². The van der Waals surface area contributed by atoms with E-state index in [0.29, 0.717) is 0 Å². The first-order valence-corrected chi connectivity index (χ1v) is 8.62. The Morgan fingerprint density at radius 3 is 2.33 bits per heavy atom. The number of aryl methyl sites for hydroxylation is 1. The molecule has 0 spiro atoms. The molecular weight excluding hydrogens is 322 g/mol. The van der Waals surface area contributed by atoms with Gasteiger partial charge in [-0.1, -0.05) is 36.8 Å². The van der Waals surface area contributed by atoms with Crippen LogP contribution in [-0.4, -0.2) is 38.2 Å². The van der Waals surface area contributed by atoms with Gasteiger partial charge in [-0.3, -0.25) is 4.90 Å². The number of halogens is 1. The largest absolute Gasteiger partial charge is 1.00 e. The van der Waals surface area contributed by atoms with E-state index in [1.165, 1.54) is 24.0 Å². The molecule has 1 aliphatic heterocycles. The summed E-state index contributed by atoms with van der Waals surface area (Å²) in [5.41, 5.74) is 2.48. The topological polar surface area (TPSA) is 46.8 Å². The van der Waals surface area contributed by atoms with Gasteiger partial charge in [0.15, 0.2) is 5.82 Å². The molecule has 1 fully saturated rings. The zero-order chi connectivity index (χ0) is 16.4. The van der Waals surface area contributed by atoms with Crippen molar-refractivity contribution < 1.29 is 12.4 Å². The molecule has 0 aliphatic carbocycles. The molecule has 1 unspecified atom stereocenters. The lowest BCUT2D eigenvalue weighted by Crippen LogP contribution is -3.00. The van der Waals surface area contributed by atoms with Crippen molar-refractivity contribution in [3.63, 3.8) is 0 Å². The van der Waals surface area contributed by atoms with Gasteiger partial charge >= 0.3 is 0 Å². The van der Waals surface area contributed by atoms with Crippen LogP contribution in [0.5, 0.6) is 0 Å². The monoisotopic (exact) mass is 348 g/mol. The Labute approximate surface area is 150 Å². The molecule has 2 heterocycles. The molecule has 3 rings (SSSR count). The van der Waals surface area contributed by atoms with Crippen LogP contribution in [0.1, 0.15) is 63.0 Å². The maximum Gasteiger partial charge on any atom is 0.173 e. The molecule has 1 atom stereocenters. The summed E-state index contributed by atoms with van der Waals surface area (Å²) < 4.78 is 2.02. The van der Waals surface area contributed by atoms with Gasteiger partial charge < -0.3 is 12.4 Å². The lowest BCUT2D eigenvalue weighted by Gasteiger charge is -2.31. The van der Waals surface area contributed by atoms with Gasteiger partial charge in [-0.2, -0.15) is 0 Å². The molecule has 1 aromatic carbocycles. The number of hydrogen-bond acceptors (Lipinski definition) is 4. The maximum absolute atomic E-state index is 4.43. The summed E-state index contributed by atoms with van der Waals surface area (Å²) in [6.07, 6.45) is 3.49. The molecule has 0 N–H and O–H groups in total. The van der Waals surface area contributed by atoms with E-state index in [4.69, 9.17) is 0 Å². The van der Waals surface area contributed by atoms with Gasteiger partial charge in [-0.25, -0.2) is 4.68 Å². The zero-order valence-electron chi connectivity index (χ0n) is 15.0. The Balaban J connectivity index is 0.00000208. The number of hydrogen-bond donors (Lipinski definition) is 0. The fraction of sp³-hybridized carbons (Fsp3) is 0.611. The van der Waals surface area contributed by atoms with Crippen LogP contribution >= 0.6 is 0 Å².